The molecule has 0 aliphatic carbocycles. The normalized spacial score (nSPS) is 12.4. The van der Waals surface area contributed by atoms with Gasteiger partial charge < -0.3 is 10.4 Å². The molecule has 2 N–H and O–H groups in total. The van der Waals surface area contributed by atoms with Gasteiger partial charge in [0.2, 0.25) is 5.91 Å². The van der Waals surface area contributed by atoms with Crippen molar-refractivity contribution in [3.05, 3.63) is 84.1 Å². The highest BCUT2D eigenvalue weighted by Gasteiger charge is 2.06. The molecule has 1 unspecified atom stereocenters. The zero-order valence-corrected chi connectivity index (χ0v) is 13.8. The Bertz CT molecular complexity index is 870. The van der Waals surface area contributed by atoms with Gasteiger partial charge in [-0.15, -0.1) is 0 Å². The highest BCUT2D eigenvalue weighted by Crippen LogP contribution is 2.17. The third-order valence-electron chi connectivity index (χ3n) is 4.00. The molecule has 0 radical (unpaired) electrons. The van der Waals surface area contributed by atoms with Crippen LogP contribution in [-0.4, -0.2) is 22.5 Å². The van der Waals surface area contributed by atoms with E-state index in [4.69, 9.17) is 0 Å². The molecule has 0 fully saturated rings. The second-order valence-corrected chi connectivity index (χ2v) is 5.76. The fourth-order valence-electron chi connectivity index (χ4n) is 2.66. The standard InChI is InChI=1S/C21H20N2O2/c24-20(17-6-2-1-3-7-17)13-15-23-21(25)11-10-16-12-14-22-19-9-5-4-8-18(16)19/h1-12,14,20,24H,13,15H2,(H,23,25). The number of aliphatic hydroxyl groups excluding tert-OH is 1. The molecule has 25 heavy (non-hydrogen) atoms. The van der Waals surface area contributed by atoms with E-state index in [1.54, 1.807) is 12.3 Å². The van der Waals surface area contributed by atoms with Gasteiger partial charge in [0.1, 0.15) is 0 Å². The van der Waals surface area contributed by atoms with Crippen molar-refractivity contribution in [2.45, 2.75) is 12.5 Å². The molecule has 0 spiro atoms. The number of para-hydroxylation sites is 1. The maximum Gasteiger partial charge on any atom is 0.244 e. The highest BCUT2D eigenvalue weighted by molar-refractivity contribution is 5.95. The van der Waals surface area contributed by atoms with Gasteiger partial charge in [0.25, 0.3) is 0 Å². The van der Waals surface area contributed by atoms with Crippen LogP contribution in [0.15, 0.2) is 72.9 Å². The Balaban J connectivity index is 1.54. The van der Waals surface area contributed by atoms with Crippen molar-refractivity contribution in [2.24, 2.45) is 0 Å². The van der Waals surface area contributed by atoms with Crippen molar-refractivity contribution >= 4 is 22.9 Å². The van der Waals surface area contributed by atoms with Crippen LogP contribution in [0, 0.1) is 0 Å². The minimum atomic E-state index is -0.574. The first kappa shape index (κ1) is 16.9. The topological polar surface area (TPSA) is 62.2 Å². The molecule has 1 amide bonds. The van der Waals surface area contributed by atoms with Crippen LogP contribution in [0.25, 0.3) is 17.0 Å². The second kappa shape index (κ2) is 8.22. The molecule has 2 aromatic carbocycles. The first-order chi connectivity index (χ1) is 12.2. The number of nitrogens with one attached hydrogen (secondary N) is 1. The van der Waals surface area contributed by atoms with Crippen LogP contribution in [0.1, 0.15) is 23.7 Å². The molecular formula is C21H20N2O2. The lowest BCUT2D eigenvalue weighted by atomic mass is 10.1. The fraction of sp³-hybridized carbons (Fsp3) is 0.143. The summed E-state index contributed by atoms with van der Waals surface area (Å²) in [5.74, 6) is -0.179. The summed E-state index contributed by atoms with van der Waals surface area (Å²) in [5, 5.41) is 13.9. The predicted octanol–water partition coefficient (Wildman–Crippen LogP) is 3.49. The van der Waals surface area contributed by atoms with E-state index in [1.165, 1.54) is 6.08 Å². The Morgan fingerprint density at radius 3 is 2.68 bits per heavy atom. The minimum Gasteiger partial charge on any atom is -0.388 e. The predicted molar refractivity (Wildman–Crippen MR) is 99.8 cm³/mol. The number of rotatable bonds is 6. The third kappa shape index (κ3) is 4.52. The number of aromatic nitrogens is 1. The van der Waals surface area contributed by atoms with Crippen LogP contribution in [0.3, 0.4) is 0 Å². The number of fused-ring (bicyclic) bond motifs is 1. The van der Waals surface area contributed by atoms with Crippen LogP contribution >= 0.6 is 0 Å². The monoisotopic (exact) mass is 332 g/mol. The van der Waals surface area contributed by atoms with Crippen LogP contribution < -0.4 is 5.32 Å². The van der Waals surface area contributed by atoms with Crippen molar-refractivity contribution in [1.29, 1.82) is 0 Å². The van der Waals surface area contributed by atoms with Gasteiger partial charge in [0.15, 0.2) is 0 Å². The average Bonchev–Trinajstić information content (AvgIpc) is 2.67. The fourth-order valence-corrected chi connectivity index (χ4v) is 2.66. The van der Waals surface area contributed by atoms with Crippen molar-refractivity contribution in [3.63, 3.8) is 0 Å². The summed E-state index contributed by atoms with van der Waals surface area (Å²) in [4.78, 5) is 16.3. The molecule has 1 atom stereocenters. The van der Waals surface area contributed by atoms with Crippen LogP contribution in [0.5, 0.6) is 0 Å². The lowest BCUT2D eigenvalue weighted by Crippen LogP contribution is -2.23. The van der Waals surface area contributed by atoms with Gasteiger partial charge in [-0.3, -0.25) is 9.78 Å². The summed E-state index contributed by atoms with van der Waals surface area (Å²) in [6.07, 6.45) is 4.93. The largest absolute Gasteiger partial charge is 0.388 e. The van der Waals surface area contributed by atoms with Gasteiger partial charge in [-0.05, 0) is 35.8 Å². The van der Waals surface area contributed by atoms with Gasteiger partial charge in [0.05, 0.1) is 11.6 Å². The summed E-state index contributed by atoms with van der Waals surface area (Å²) in [7, 11) is 0. The van der Waals surface area contributed by atoms with Crippen LogP contribution in [-0.2, 0) is 4.79 Å². The van der Waals surface area contributed by atoms with Gasteiger partial charge in [-0.2, -0.15) is 0 Å². The molecule has 0 saturated carbocycles. The first-order valence-corrected chi connectivity index (χ1v) is 8.27. The molecular weight excluding hydrogens is 312 g/mol. The van der Waals surface area contributed by atoms with Gasteiger partial charge in [-0.25, -0.2) is 0 Å². The quantitative estimate of drug-likeness (QED) is 0.679. The lowest BCUT2D eigenvalue weighted by molar-refractivity contribution is -0.116. The number of nitrogens with zero attached hydrogens (tertiary/aromatic N) is 1. The Hall–Kier alpha value is -2.98. The Morgan fingerprint density at radius 1 is 1.08 bits per heavy atom. The third-order valence-corrected chi connectivity index (χ3v) is 4.00. The second-order valence-electron chi connectivity index (χ2n) is 5.76. The van der Waals surface area contributed by atoms with Crippen molar-refractivity contribution < 1.29 is 9.90 Å². The summed E-state index contributed by atoms with van der Waals surface area (Å²) >= 11 is 0. The summed E-state index contributed by atoms with van der Waals surface area (Å²) < 4.78 is 0. The molecule has 0 aliphatic rings. The number of amides is 1. The smallest absolute Gasteiger partial charge is 0.244 e. The summed E-state index contributed by atoms with van der Waals surface area (Å²) in [5.41, 5.74) is 2.71. The number of hydrogen-bond acceptors (Lipinski definition) is 3. The molecule has 4 heteroatoms. The van der Waals surface area contributed by atoms with Crippen LogP contribution in [0.2, 0.25) is 0 Å². The van der Waals surface area contributed by atoms with E-state index in [2.05, 4.69) is 10.3 Å². The molecule has 0 saturated heterocycles. The van der Waals surface area contributed by atoms with Crippen molar-refractivity contribution in [3.8, 4) is 0 Å². The molecule has 0 aliphatic heterocycles. The zero-order chi connectivity index (χ0) is 17.5. The van der Waals surface area contributed by atoms with Crippen molar-refractivity contribution in [2.75, 3.05) is 6.54 Å². The first-order valence-electron chi connectivity index (χ1n) is 8.27. The van der Waals surface area contributed by atoms with E-state index in [9.17, 15) is 9.90 Å². The van der Waals surface area contributed by atoms with Gasteiger partial charge >= 0.3 is 0 Å². The van der Waals surface area contributed by atoms with E-state index in [0.717, 1.165) is 22.0 Å². The molecule has 4 nitrogen and oxygen atoms in total. The molecule has 1 heterocycles. The molecule has 3 aromatic rings. The Labute approximate surface area is 146 Å². The number of aliphatic hydroxyl groups is 1. The number of pyridine rings is 1. The number of carbonyl (C=O) groups excluding carboxylic acids is 1. The Morgan fingerprint density at radius 2 is 1.84 bits per heavy atom. The molecule has 1 aromatic heterocycles. The maximum absolute atomic E-state index is 12.0. The van der Waals surface area contributed by atoms with E-state index >= 15 is 0 Å². The van der Waals surface area contributed by atoms with E-state index < -0.39 is 6.10 Å². The molecule has 126 valence electrons. The van der Waals surface area contributed by atoms with Crippen LogP contribution in [0.4, 0.5) is 0 Å². The highest BCUT2D eigenvalue weighted by atomic mass is 16.3. The van der Waals surface area contributed by atoms with E-state index in [0.29, 0.717) is 13.0 Å². The molecule has 0 bridgehead atoms. The number of benzene rings is 2. The SMILES string of the molecule is O=C(C=Cc1ccnc2ccccc12)NCCC(O)c1ccccc1. The zero-order valence-electron chi connectivity index (χ0n) is 13.8. The van der Waals surface area contributed by atoms with Gasteiger partial charge in [0, 0.05) is 24.2 Å². The van der Waals surface area contributed by atoms with Crippen molar-refractivity contribution in [1.82, 2.24) is 10.3 Å². The number of carbonyl (C=O) groups is 1. The summed E-state index contributed by atoms with van der Waals surface area (Å²) in [6, 6.07) is 19.1. The lowest BCUT2D eigenvalue weighted by Gasteiger charge is -2.10. The molecule has 3 rings (SSSR count). The Kier molecular flexibility index (Phi) is 5.54. The average molecular weight is 332 g/mol. The van der Waals surface area contributed by atoms with E-state index in [-0.39, 0.29) is 5.91 Å². The van der Waals surface area contributed by atoms with Gasteiger partial charge in [-0.1, -0.05) is 48.5 Å². The maximum atomic E-state index is 12.0. The summed E-state index contributed by atoms with van der Waals surface area (Å²) in [6.45, 7) is 0.413. The number of hydrogen-bond donors (Lipinski definition) is 2. The van der Waals surface area contributed by atoms with E-state index in [1.807, 2.05) is 60.7 Å². The minimum absolute atomic E-state index is 0.179.